The van der Waals surface area contributed by atoms with Crippen LogP contribution in [0.2, 0.25) is 0 Å². The Kier molecular flexibility index (Phi) is 17.8. The van der Waals surface area contributed by atoms with Gasteiger partial charge in [0.25, 0.3) is 0 Å². The fourth-order valence-electron chi connectivity index (χ4n) is 7.86. The van der Waals surface area contributed by atoms with E-state index in [4.69, 9.17) is 10.2 Å². The van der Waals surface area contributed by atoms with Gasteiger partial charge < -0.3 is 10.2 Å². The van der Waals surface area contributed by atoms with E-state index in [1.165, 1.54) is 87.9 Å². The monoisotopic (exact) mass is 928 g/mol. The summed E-state index contributed by atoms with van der Waals surface area (Å²) in [5.41, 5.74) is 15.8. The van der Waals surface area contributed by atoms with Crippen molar-refractivity contribution in [2.24, 2.45) is 0 Å². The van der Waals surface area contributed by atoms with Crippen LogP contribution in [0.3, 0.4) is 0 Å². The summed E-state index contributed by atoms with van der Waals surface area (Å²) in [6.45, 7) is 0. The van der Waals surface area contributed by atoms with E-state index in [1.807, 2.05) is 0 Å². The molecule has 0 radical (unpaired) electrons. The Balaban J connectivity index is 0.000000192. The molecule has 0 unspecified atom stereocenters. The summed E-state index contributed by atoms with van der Waals surface area (Å²) >= 11 is 0. The minimum absolute atomic E-state index is 0. The molecule has 2 heterocycles. The van der Waals surface area contributed by atoms with Crippen LogP contribution in [0.15, 0.2) is 243 Å². The normalized spacial score (nSPS) is 10.1. The van der Waals surface area contributed by atoms with Crippen molar-refractivity contribution in [1.82, 2.24) is 0 Å². The van der Waals surface area contributed by atoms with Crippen molar-refractivity contribution in [3.05, 3.63) is 243 Å². The number of hydrogen-bond acceptors (Lipinski definition) is 2. The van der Waals surface area contributed by atoms with E-state index in [0.29, 0.717) is 16.4 Å². The van der Waals surface area contributed by atoms with Gasteiger partial charge in [0.05, 0.1) is 0 Å². The van der Waals surface area contributed by atoms with Crippen molar-refractivity contribution >= 4 is 16.4 Å². The topological polar surface area (TPSA) is 46.1 Å². The van der Waals surface area contributed by atoms with E-state index < -0.39 is 0 Å². The molecule has 10 rings (SSSR count). The smallest absolute Gasteiger partial charge is 0.857 e. The molecule has 2 nitrogen and oxygen atoms in total. The van der Waals surface area contributed by atoms with Crippen LogP contribution in [0.25, 0.3) is 87.9 Å². The molecule has 306 valence electrons. The quantitative estimate of drug-likeness (QED) is 0.152. The number of rotatable bonds is 8. The molecular weight excluding hydrogens is 882 g/mol. The molecule has 5 heteroatoms. The molecule has 0 saturated heterocycles. The first kappa shape index (κ1) is 46.6. The summed E-state index contributed by atoms with van der Waals surface area (Å²) in [5.74, 6) is 0. The van der Waals surface area contributed by atoms with Gasteiger partial charge in [-0.05, 0) is 44.5 Å². The Labute approximate surface area is 395 Å². The molecule has 0 N–H and O–H groups in total. The minimum Gasteiger partial charge on any atom is -0.857 e. The van der Waals surface area contributed by atoms with Crippen LogP contribution in [-0.4, -0.2) is 14.2 Å². The second-order valence-corrected chi connectivity index (χ2v) is 16.7. The van der Waals surface area contributed by atoms with Gasteiger partial charge in [-0.3, -0.25) is 0 Å². The Morgan fingerprint density at radius 3 is 0.476 bits per heavy atom. The standard InChI is InChI=1S/2C28H21P.2CH3O.Zr/c2*1-5-13-21(14-6-1)25-26(22-15-7-2-8-16-22)28(24-19-11-4-12-20-24)29-27(25)23-17-9-3-10-18-23;2*1-2;/h2*1-20,29H;2*1H3;/q;;2*-1;+2. The van der Waals surface area contributed by atoms with Gasteiger partial charge in [-0.1, -0.05) is 243 Å². The Morgan fingerprint density at radius 1 is 0.206 bits per heavy atom. The molecule has 0 amide bonds. The molecule has 2 aromatic heterocycles. The predicted molar refractivity (Wildman–Crippen MR) is 267 cm³/mol. The van der Waals surface area contributed by atoms with E-state index in [1.54, 1.807) is 0 Å². The zero-order valence-corrected chi connectivity index (χ0v) is 39.9. The third kappa shape index (κ3) is 11.0. The van der Waals surface area contributed by atoms with Crippen molar-refractivity contribution < 1.29 is 36.4 Å². The van der Waals surface area contributed by atoms with E-state index in [2.05, 4.69) is 243 Å². The summed E-state index contributed by atoms with van der Waals surface area (Å²) in [4.78, 5) is 0. The first-order valence-corrected chi connectivity index (χ1v) is 22.6. The fourth-order valence-corrected chi connectivity index (χ4v) is 11.2. The van der Waals surface area contributed by atoms with Crippen LogP contribution in [0.5, 0.6) is 0 Å². The van der Waals surface area contributed by atoms with Gasteiger partial charge in [0.1, 0.15) is 0 Å². The zero-order valence-electron chi connectivity index (χ0n) is 35.4. The van der Waals surface area contributed by atoms with Crippen LogP contribution >= 0.6 is 16.4 Å². The maximum absolute atomic E-state index is 8.25. The van der Waals surface area contributed by atoms with Crippen LogP contribution in [0.1, 0.15) is 0 Å². The molecule has 0 aliphatic rings. The maximum atomic E-state index is 8.25. The molecule has 0 atom stereocenters. The van der Waals surface area contributed by atoms with Crippen LogP contribution in [0.4, 0.5) is 0 Å². The molecule has 10 aromatic rings. The molecule has 0 saturated carbocycles. The van der Waals surface area contributed by atoms with Gasteiger partial charge in [0.2, 0.25) is 0 Å². The molecule has 8 aromatic carbocycles. The molecule has 0 aliphatic heterocycles. The Morgan fingerprint density at radius 2 is 0.333 bits per heavy atom. The van der Waals surface area contributed by atoms with Crippen LogP contribution < -0.4 is 10.2 Å². The maximum Gasteiger partial charge on any atom is 2.00 e. The third-order valence-corrected chi connectivity index (χ3v) is 13.7. The second-order valence-electron chi connectivity index (χ2n) is 14.2. The average molecular weight is 930 g/mol. The minimum atomic E-state index is 0. The van der Waals surface area contributed by atoms with Crippen molar-refractivity contribution in [2.45, 2.75) is 0 Å². The summed E-state index contributed by atoms with van der Waals surface area (Å²) in [5, 5.41) is 22.2. The first-order valence-electron chi connectivity index (χ1n) is 20.6. The van der Waals surface area contributed by atoms with E-state index in [0.717, 1.165) is 14.2 Å². The van der Waals surface area contributed by atoms with Gasteiger partial charge in [0.15, 0.2) is 0 Å². The number of hydrogen-bond donors (Lipinski definition) is 0. The summed E-state index contributed by atoms with van der Waals surface area (Å²) < 4.78 is 0. The molecule has 0 spiro atoms. The third-order valence-electron chi connectivity index (χ3n) is 10.5. The van der Waals surface area contributed by atoms with E-state index in [-0.39, 0.29) is 26.2 Å². The zero-order chi connectivity index (χ0) is 42.9. The van der Waals surface area contributed by atoms with E-state index >= 15 is 0 Å². The van der Waals surface area contributed by atoms with Crippen molar-refractivity contribution in [1.29, 1.82) is 0 Å². The molecule has 0 bridgehead atoms. The van der Waals surface area contributed by atoms with Gasteiger partial charge in [-0.2, -0.15) is 14.2 Å². The molecule has 0 fully saturated rings. The largest absolute Gasteiger partial charge is 2.00 e. The van der Waals surface area contributed by atoms with Crippen LogP contribution in [-0.2, 0) is 26.2 Å². The van der Waals surface area contributed by atoms with Crippen molar-refractivity contribution in [3.8, 4) is 87.9 Å². The van der Waals surface area contributed by atoms with Gasteiger partial charge in [0, 0.05) is 43.4 Å². The van der Waals surface area contributed by atoms with Crippen LogP contribution in [0, 0.1) is 0 Å². The summed E-state index contributed by atoms with van der Waals surface area (Å²) in [6, 6.07) is 86.7. The van der Waals surface area contributed by atoms with Gasteiger partial charge in [-0.25, -0.2) is 0 Å². The first-order chi connectivity index (χ1) is 30.8. The van der Waals surface area contributed by atoms with Crippen molar-refractivity contribution in [3.63, 3.8) is 0 Å². The average Bonchev–Trinajstić information content (AvgIpc) is 3.99. The number of benzene rings is 8. The molecular formula is C58H48O2P2Zr. The van der Waals surface area contributed by atoms with E-state index in [9.17, 15) is 0 Å². The summed E-state index contributed by atoms with van der Waals surface area (Å²) in [7, 11) is 2.73. The summed E-state index contributed by atoms with van der Waals surface area (Å²) in [6.07, 6.45) is 0. The Bertz CT molecular complexity index is 2440. The fraction of sp³-hybridized carbons (Fsp3) is 0.0345. The van der Waals surface area contributed by atoms with Gasteiger partial charge in [-0.15, -0.1) is 16.4 Å². The predicted octanol–water partition coefficient (Wildman–Crippen LogP) is 14.7. The SMILES string of the molecule is C[O-].C[O-].[Zr+2].c1ccc(-c2[pH]c(-c3ccccc3)c(-c3ccccc3)c2-c2ccccc2)cc1.c1ccc(-c2[pH]c(-c3ccccc3)c(-c3ccccc3)c2-c2ccccc2)cc1. The Hall–Kier alpha value is -5.88. The van der Waals surface area contributed by atoms with Crippen molar-refractivity contribution in [2.75, 3.05) is 14.2 Å². The molecule has 0 aliphatic carbocycles. The second kappa shape index (κ2) is 24.1. The molecule has 63 heavy (non-hydrogen) atoms. The van der Waals surface area contributed by atoms with Gasteiger partial charge >= 0.3 is 26.2 Å².